The highest BCUT2D eigenvalue weighted by molar-refractivity contribution is 5.79. The molecule has 1 aliphatic heterocycles. The number of alkyl halides is 3. The van der Waals surface area contributed by atoms with Crippen molar-refractivity contribution in [1.82, 2.24) is 15.5 Å². The number of guanidine groups is 1. The van der Waals surface area contributed by atoms with E-state index in [0.717, 1.165) is 19.2 Å². The molecule has 0 radical (unpaired) electrons. The summed E-state index contributed by atoms with van der Waals surface area (Å²) in [5.74, 6) is 1.05. The second-order valence-electron chi connectivity index (χ2n) is 7.29. The lowest BCUT2D eigenvalue weighted by atomic mass is 10.0. The zero-order valence-corrected chi connectivity index (χ0v) is 17.5. The van der Waals surface area contributed by atoms with E-state index in [-0.39, 0.29) is 23.9 Å². The van der Waals surface area contributed by atoms with Crippen LogP contribution in [0.25, 0.3) is 0 Å². The molecule has 0 aliphatic carbocycles. The molecule has 0 amide bonds. The van der Waals surface area contributed by atoms with E-state index < -0.39 is 11.7 Å². The topological polar surface area (TPSA) is 58.1 Å². The molecule has 1 heterocycles. The van der Waals surface area contributed by atoms with E-state index in [9.17, 15) is 13.2 Å². The van der Waals surface area contributed by atoms with Crippen LogP contribution < -0.4 is 15.4 Å². The number of methoxy groups -OCH3 is 1. The van der Waals surface area contributed by atoms with Crippen molar-refractivity contribution >= 4 is 5.96 Å². The van der Waals surface area contributed by atoms with Crippen LogP contribution in [-0.4, -0.2) is 63.9 Å². The molecule has 1 saturated heterocycles. The van der Waals surface area contributed by atoms with E-state index in [4.69, 9.17) is 9.47 Å². The Hall–Kier alpha value is -2.00. The average Bonchev–Trinajstić information content (AvgIpc) is 2.70. The van der Waals surface area contributed by atoms with E-state index in [0.29, 0.717) is 31.6 Å². The van der Waals surface area contributed by atoms with Gasteiger partial charge >= 0.3 is 6.18 Å². The summed E-state index contributed by atoms with van der Waals surface area (Å²) in [7, 11) is 2.95. The Morgan fingerprint density at radius 2 is 1.93 bits per heavy atom. The summed E-state index contributed by atoms with van der Waals surface area (Å²) >= 11 is 0. The predicted octanol–water partition coefficient (Wildman–Crippen LogP) is 2.74. The number of morpholine rings is 1. The van der Waals surface area contributed by atoms with Gasteiger partial charge in [-0.15, -0.1) is 0 Å². The van der Waals surface area contributed by atoms with Crippen LogP contribution in [0, 0.1) is 5.92 Å². The smallest absolute Gasteiger partial charge is 0.416 e. The van der Waals surface area contributed by atoms with Gasteiger partial charge in [0.15, 0.2) is 5.96 Å². The summed E-state index contributed by atoms with van der Waals surface area (Å²) in [6.45, 7) is 8.14. The zero-order chi connectivity index (χ0) is 21.4. The Labute approximate surface area is 170 Å². The maximum Gasteiger partial charge on any atom is 0.416 e. The first kappa shape index (κ1) is 23.3. The molecule has 1 aromatic carbocycles. The SMILES string of the molecule is CN=C(NCc1ccc(OC)cc1C(F)(F)F)NCC(C(C)C)N1CCOCC1. The van der Waals surface area contributed by atoms with Gasteiger partial charge in [-0.2, -0.15) is 13.2 Å². The van der Waals surface area contributed by atoms with Gasteiger partial charge in [-0.05, 0) is 23.6 Å². The number of hydrogen-bond acceptors (Lipinski definition) is 4. The Kier molecular flexibility index (Phi) is 8.58. The fourth-order valence-corrected chi connectivity index (χ4v) is 3.40. The van der Waals surface area contributed by atoms with Crippen molar-refractivity contribution in [2.75, 3.05) is 47.0 Å². The van der Waals surface area contributed by atoms with Crippen LogP contribution in [0.5, 0.6) is 5.75 Å². The quantitative estimate of drug-likeness (QED) is 0.529. The molecule has 0 spiro atoms. The third-order valence-electron chi connectivity index (χ3n) is 5.06. The van der Waals surface area contributed by atoms with Crippen molar-refractivity contribution in [3.8, 4) is 5.75 Å². The fourth-order valence-electron chi connectivity index (χ4n) is 3.40. The van der Waals surface area contributed by atoms with Crippen molar-refractivity contribution in [1.29, 1.82) is 0 Å². The highest BCUT2D eigenvalue weighted by Gasteiger charge is 2.33. The minimum atomic E-state index is -4.46. The number of hydrogen-bond donors (Lipinski definition) is 2. The third kappa shape index (κ3) is 6.78. The van der Waals surface area contributed by atoms with Crippen molar-refractivity contribution < 1.29 is 22.6 Å². The van der Waals surface area contributed by atoms with Crippen LogP contribution in [0.15, 0.2) is 23.2 Å². The van der Waals surface area contributed by atoms with Crippen LogP contribution in [-0.2, 0) is 17.5 Å². The van der Waals surface area contributed by atoms with Gasteiger partial charge in [-0.3, -0.25) is 9.89 Å². The molecule has 2 rings (SSSR count). The number of aliphatic imine (C=N–C) groups is 1. The summed E-state index contributed by atoms with van der Waals surface area (Å²) in [6, 6.07) is 4.24. The Balaban J connectivity index is 2.00. The lowest BCUT2D eigenvalue weighted by molar-refractivity contribution is -0.138. The predicted molar refractivity (Wildman–Crippen MR) is 107 cm³/mol. The lowest BCUT2D eigenvalue weighted by Gasteiger charge is -2.37. The van der Waals surface area contributed by atoms with Crippen LogP contribution in [0.4, 0.5) is 13.2 Å². The third-order valence-corrected chi connectivity index (χ3v) is 5.06. The van der Waals surface area contributed by atoms with Crippen LogP contribution in [0.3, 0.4) is 0 Å². The molecule has 0 aromatic heterocycles. The van der Waals surface area contributed by atoms with Gasteiger partial charge in [0.1, 0.15) is 5.75 Å². The molecule has 29 heavy (non-hydrogen) atoms. The highest BCUT2D eigenvalue weighted by atomic mass is 19.4. The van der Waals surface area contributed by atoms with Crippen molar-refractivity contribution in [2.45, 2.75) is 32.6 Å². The van der Waals surface area contributed by atoms with Gasteiger partial charge in [0, 0.05) is 39.3 Å². The largest absolute Gasteiger partial charge is 0.497 e. The van der Waals surface area contributed by atoms with E-state index in [1.54, 1.807) is 7.05 Å². The second-order valence-corrected chi connectivity index (χ2v) is 7.29. The number of rotatable bonds is 7. The Morgan fingerprint density at radius 3 is 2.48 bits per heavy atom. The summed E-state index contributed by atoms with van der Waals surface area (Å²) < 4.78 is 50.5. The maximum absolute atomic E-state index is 13.4. The van der Waals surface area contributed by atoms with E-state index >= 15 is 0 Å². The summed E-state index contributed by atoms with van der Waals surface area (Å²) in [5, 5.41) is 6.24. The fraction of sp³-hybridized carbons (Fsp3) is 0.650. The number of nitrogens with one attached hydrogen (secondary N) is 2. The molecule has 164 valence electrons. The zero-order valence-electron chi connectivity index (χ0n) is 17.5. The number of benzene rings is 1. The summed E-state index contributed by atoms with van der Waals surface area (Å²) in [4.78, 5) is 6.53. The molecule has 1 aromatic rings. The van der Waals surface area contributed by atoms with Crippen LogP contribution in [0.1, 0.15) is 25.0 Å². The lowest BCUT2D eigenvalue weighted by Crippen LogP contribution is -2.52. The molecule has 9 heteroatoms. The maximum atomic E-state index is 13.4. The first-order valence-electron chi connectivity index (χ1n) is 9.76. The standard InChI is InChI=1S/C20H31F3N4O2/c1-14(2)18(27-7-9-29-10-8-27)13-26-19(24-3)25-12-15-5-6-16(28-4)11-17(15)20(21,22)23/h5-6,11,14,18H,7-10,12-13H2,1-4H3,(H2,24,25,26). The normalized spacial score (nSPS) is 17.3. The minimum Gasteiger partial charge on any atom is -0.497 e. The summed E-state index contributed by atoms with van der Waals surface area (Å²) in [5.41, 5.74) is -0.581. The first-order valence-corrected chi connectivity index (χ1v) is 9.76. The van der Waals surface area contributed by atoms with Crippen molar-refractivity contribution in [3.05, 3.63) is 29.3 Å². The molecule has 2 N–H and O–H groups in total. The second kappa shape index (κ2) is 10.7. The van der Waals surface area contributed by atoms with Crippen LogP contribution in [0.2, 0.25) is 0 Å². The van der Waals surface area contributed by atoms with E-state index in [1.807, 2.05) is 0 Å². The van der Waals surface area contributed by atoms with E-state index in [2.05, 4.69) is 34.4 Å². The molecular formula is C20H31F3N4O2. The summed E-state index contributed by atoms with van der Waals surface area (Å²) in [6.07, 6.45) is -4.46. The first-order chi connectivity index (χ1) is 13.8. The number of halogens is 3. The molecule has 1 fully saturated rings. The van der Waals surface area contributed by atoms with Gasteiger partial charge in [-0.25, -0.2) is 0 Å². The molecule has 1 atom stereocenters. The Bertz CT molecular complexity index is 674. The van der Waals surface area contributed by atoms with Gasteiger partial charge in [0.25, 0.3) is 0 Å². The molecule has 0 bridgehead atoms. The highest BCUT2D eigenvalue weighted by Crippen LogP contribution is 2.34. The average molecular weight is 416 g/mol. The molecule has 1 unspecified atom stereocenters. The molecule has 0 saturated carbocycles. The number of ether oxygens (including phenoxy) is 2. The monoisotopic (exact) mass is 416 g/mol. The molecule has 1 aliphatic rings. The van der Waals surface area contributed by atoms with Crippen molar-refractivity contribution in [3.63, 3.8) is 0 Å². The minimum absolute atomic E-state index is 0.00239. The van der Waals surface area contributed by atoms with E-state index in [1.165, 1.54) is 19.2 Å². The van der Waals surface area contributed by atoms with Crippen LogP contribution >= 0.6 is 0 Å². The van der Waals surface area contributed by atoms with Gasteiger partial charge in [0.2, 0.25) is 0 Å². The molecular weight excluding hydrogens is 385 g/mol. The van der Waals surface area contributed by atoms with Gasteiger partial charge in [-0.1, -0.05) is 19.9 Å². The van der Waals surface area contributed by atoms with Gasteiger partial charge < -0.3 is 20.1 Å². The Morgan fingerprint density at radius 1 is 1.24 bits per heavy atom. The number of nitrogens with zero attached hydrogens (tertiary/aromatic N) is 2. The van der Waals surface area contributed by atoms with Crippen molar-refractivity contribution in [2.24, 2.45) is 10.9 Å². The van der Waals surface area contributed by atoms with Gasteiger partial charge in [0.05, 0.1) is 25.9 Å². The molecule has 6 nitrogen and oxygen atoms in total.